The Morgan fingerprint density at radius 1 is 1.44 bits per heavy atom. The molecular weight excluding hydrogens is 209 g/mol. The highest BCUT2D eigenvalue weighted by atomic mass is 19.1. The van der Waals surface area contributed by atoms with Gasteiger partial charge in [0, 0.05) is 18.9 Å². The van der Waals surface area contributed by atoms with Crippen LogP contribution in [0.5, 0.6) is 0 Å². The molecule has 0 saturated heterocycles. The van der Waals surface area contributed by atoms with Crippen LogP contribution in [0.2, 0.25) is 0 Å². The van der Waals surface area contributed by atoms with Crippen LogP contribution in [0.3, 0.4) is 0 Å². The molecule has 0 spiro atoms. The van der Waals surface area contributed by atoms with Crippen molar-refractivity contribution in [2.45, 2.75) is 0 Å². The van der Waals surface area contributed by atoms with E-state index in [1.54, 1.807) is 19.2 Å². The molecule has 0 bridgehead atoms. The van der Waals surface area contributed by atoms with E-state index in [2.05, 4.69) is 10.4 Å². The van der Waals surface area contributed by atoms with E-state index >= 15 is 0 Å². The van der Waals surface area contributed by atoms with Crippen molar-refractivity contribution in [3.05, 3.63) is 48.0 Å². The van der Waals surface area contributed by atoms with Gasteiger partial charge < -0.3 is 5.32 Å². The fourth-order valence-electron chi connectivity index (χ4n) is 1.36. The molecule has 2 aromatic rings. The highest BCUT2D eigenvalue weighted by Crippen LogP contribution is 2.10. The summed E-state index contributed by atoms with van der Waals surface area (Å²) in [6.45, 7) is 0. The third-order valence-electron chi connectivity index (χ3n) is 2.14. The van der Waals surface area contributed by atoms with E-state index in [1.807, 2.05) is 0 Å². The topological polar surface area (TPSA) is 46.9 Å². The number of aromatic nitrogens is 2. The quantitative estimate of drug-likeness (QED) is 0.837. The Bertz CT molecular complexity index is 521. The number of carbonyl (C=O) groups is 1. The van der Waals surface area contributed by atoms with E-state index in [0.717, 1.165) is 0 Å². The van der Waals surface area contributed by atoms with Gasteiger partial charge in [-0.15, -0.1) is 0 Å². The number of amides is 1. The minimum atomic E-state index is -0.386. The molecule has 0 aliphatic heterocycles. The second kappa shape index (κ2) is 4.14. The van der Waals surface area contributed by atoms with Crippen LogP contribution in [0.25, 0.3) is 0 Å². The maximum absolute atomic E-state index is 12.9. The van der Waals surface area contributed by atoms with Crippen LogP contribution in [-0.4, -0.2) is 15.7 Å². The molecule has 16 heavy (non-hydrogen) atoms. The van der Waals surface area contributed by atoms with Gasteiger partial charge in [0.1, 0.15) is 11.5 Å². The molecule has 0 radical (unpaired) electrons. The molecule has 82 valence electrons. The van der Waals surface area contributed by atoms with Crippen LogP contribution in [-0.2, 0) is 7.05 Å². The van der Waals surface area contributed by atoms with E-state index in [4.69, 9.17) is 0 Å². The summed E-state index contributed by atoms with van der Waals surface area (Å²) in [6.07, 6.45) is 1.53. The maximum Gasteiger partial charge on any atom is 0.273 e. The lowest BCUT2D eigenvalue weighted by molar-refractivity contribution is 0.101. The summed E-state index contributed by atoms with van der Waals surface area (Å²) in [4.78, 5) is 11.7. The van der Waals surface area contributed by atoms with Gasteiger partial charge in [-0.25, -0.2) is 4.39 Å². The van der Waals surface area contributed by atoms with Crippen LogP contribution in [0.15, 0.2) is 36.5 Å². The highest BCUT2D eigenvalue weighted by molar-refractivity contribution is 6.02. The van der Waals surface area contributed by atoms with Gasteiger partial charge in [0.25, 0.3) is 5.91 Å². The number of anilines is 1. The molecule has 0 fully saturated rings. The average molecular weight is 219 g/mol. The fraction of sp³-hybridized carbons (Fsp3) is 0.0909. The Hall–Kier alpha value is -2.17. The zero-order chi connectivity index (χ0) is 11.5. The standard InChI is InChI=1S/C11H10FN3O/c1-15-10(5-6-13-15)11(16)14-9-4-2-3-8(12)7-9/h2-7H,1H3,(H,14,16). The number of halogens is 1. The van der Waals surface area contributed by atoms with Crippen molar-refractivity contribution in [3.8, 4) is 0 Å². The highest BCUT2D eigenvalue weighted by Gasteiger charge is 2.09. The first-order valence-electron chi connectivity index (χ1n) is 4.72. The molecule has 1 aromatic carbocycles. The van der Waals surface area contributed by atoms with Gasteiger partial charge in [-0.05, 0) is 24.3 Å². The number of nitrogens with one attached hydrogen (secondary N) is 1. The van der Waals surface area contributed by atoms with Crippen molar-refractivity contribution >= 4 is 11.6 Å². The molecule has 1 aromatic heterocycles. The van der Waals surface area contributed by atoms with Crippen molar-refractivity contribution in [2.75, 3.05) is 5.32 Å². The molecule has 0 aliphatic carbocycles. The predicted molar refractivity (Wildman–Crippen MR) is 57.6 cm³/mol. The summed E-state index contributed by atoms with van der Waals surface area (Å²) in [5.41, 5.74) is 0.843. The van der Waals surface area contributed by atoms with Crippen molar-refractivity contribution in [1.29, 1.82) is 0 Å². The van der Waals surface area contributed by atoms with Gasteiger partial charge in [0.05, 0.1) is 0 Å². The first-order valence-corrected chi connectivity index (χ1v) is 4.72. The normalized spacial score (nSPS) is 10.1. The monoisotopic (exact) mass is 219 g/mol. The van der Waals surface area contributed by atoms with Crippen LogP contribution in [0.4, 0.5) is 10.1 Å². The Morgan fingerprint density at radius 3 is 2.88 bits per heavy atom. The molecule has 0 atom stereocenters. The molecule has 5 heteroatoms. The molecule has 4 nitrogen and oxygen atoms in total. The zero-order valence-corrected chi connectivity index (χ0v) is 8.64. The Labute approximate surface area is 91.7 Å². The number of aryl methyl sites for hydroxylation is 1. The fourth-order valence-corrected chi connectivity index (χ4v) is 1.36. The summed E-state index contributed by atoms with van der Waals surface area (Å²) in [5.74, 6) is -0.701. The van der Waals surface area contributed by atoms with E-state index in [-0.39, 0.29) is 11.7 Å². The van der Waals surface area contributed by atoms with Crippen molar-refractivity contribution in [1.82, 2.24) is 9.78 Å². The summed E-state index contributed by atoms with van der Waals surface area (Å²) < 4.78 is 14.3. The lowest BCUT2D eigenvalue weighted by atomic mass is 10.3. The number of rotatable bonds is 2. The van der Waals surface area contributed by atoms with Crippen molar-refractivity contribution < 1.29 is 9.18 Å². The lowest BCUT2D eigenvalue weighted by Crippen LogP contribution is -2.16. The first-order chi connectivity index (χ1) is 7.66. The molecule has 1 N–H and O–H groups in total. The minimum Gasteiger partial charge on any atom is -0.321 e. The van der Waals surface area contributed by atoms with E-state index in [1.165, 1.54) is 29.1 Å². The Morgan fingerprint density at radius 2 is 2.25 bits per heavy atom. The van der Waals surface area contributed by atoms with Crippen LogP contribution in [0.1, 0.15) is 10.5 Å². The number of hydrogen-bond acceptors (Lipinski definition) is 2. The molecule has 2 rings (SSSR count). The van der Waals surface area contributed by atoms with E-state index in [9.17, 15) is 9.18 Å². The molecule has 1 amide bonds. The number of hydrogen-bond donors (Lipinski definition) is 1. The van der Waals surface area contributed by atoms with Crippen LogP contribution < -0.4 is 5.32 Å². The van der Waals surface area contributed by atoms with Crippen LogP contribution >= 0.6 is 0 Å². The molecule has 0 saturated carbocycles. The molecule has 0 unspecified atom stereocenters. The Balaban J connectivity index is 2.17. The van der Waals surface area contributed by atoms with Crippen molar-refractivity contribution in [2.24, 2.45) is 7.05 Å². The minimum absolute atomic E-state index is 0.314. The third kappa shape index (κ3) is 2.08. The van der Waals surface area contributed by atoms with Gasteiger partial charge in [-0.2, -0.15) is 5.10 Å². The lowest BCUT2D eigenvalue weighted by Gasteiger charge is -2.04. The second-order valence-electron chi connectivity index (χ2n) is 3.30. The number of benzene rings is 1. The van der Waals surface area contributed by atoms with Crippen molar-refractivity contribution in [3.63, 3.8) is 0 Å². The predicted octanol–water partition coefficient (Wildman–Crippen LogP) is 1.81. The molecular formula is C11H10FN3O. The second-order valence-corrected chi connectivity index (χ2v) is 3.30. The SMILES string of the molecule is Cn1nccc1C(=O)Nc1cccc(F)c1. The van der Waals surface area contributed by atoms with Gasteiger partial charge in [0.15, 0.2) is 0 Å². The molecule has 1 heterocycles. The first kappa shape index (κ1) is 10.4. The number of carbonyl (C=O) groups excluding carboxylic acids is 1. The smallest absolute Gasteiger partial charge is 0.273 e. The van der Waals surface area contributed by atoms with Gasteiger partial charge in [0.2, 0.25) is 0 Å². The van der Waals surface area contributed by atoms with E-state index in [0.29, 0.717) is 11.4 Å². The third-order valence-corrected chi connectivity index (χ3v) is 2.14. The Kier molecular flexibility index (Phi) is 2.68. The molecule has 0 aliphatic rings. The summed E-state index contributed by atoms with van der Waals surface area (Å²) in [6, 6.07) is 7.33. The van der Waals surface area contributed by atoms with E-state index < -0.39 is 0 Å². The zero-order valence-electron chi connectivity index (χ0n) is 8.64. The van der Waals surface area contributed by atoms with Gasteiger partial charge in [-0.3, -0.25) is 9.48 Å². The van der Waals surface area contributed by atoms with Gasteiger partial charge >= 0.3 is 0 Å². The average Bonchev–Trinajstić information content (AvgIpc) is 2.64. The largest absolute Gasteiger partial charge is 0.321 e. The van der Waals surface area contributed by atoms with Crippen LogP contribution in [0, 0.1) is 5.82 Å². The summed E-state index contributed by atoms with van der Waals surface area (Å²) >= 11 is 0. The summed E-state index contributed by atoms with van der Waals surface area (Å²) in [7, 11) is 1.67. The maximum atomic E-state index is 12.9. The number of nitrogens with zero attached hydrogens (tertiary/aromatic N) is 2. The summed E-state index contributed by atoms with van der Waals surface area (Å²) in [5, 5.41) is 6.46. The van der Waals surface area contributed by atoms with Gasteiger partial charge in [-0.1, -0.05) is 6.07 Å².